The quantitative estimate of drug-likeness (QED) is 0.783. The van der Waals surface area contributed by atoms with Crippen molar-refractivity contribution in [1.29, 1.82) is 0 Å². The monoisotopic (exact) mass is 211 g/mol. The Morgan fingerprint density at radius 2 is 2.33 bits per heavy atom. The fraction of sp³-hybridized carbons (Fsp3) is 0.636. The van der Waals surface area contributed by atoms with Crippen LogP contribution < -0.4 is 5.32 Å². The first-order valence-electron chi connectivity index (χ1n) is 5.24. The molecule has 3 unspecified atom stereocenters. The highest BCUT2D eigenvalue weighted by Gasteiger charge is 2.28. The molecule has 84 valence electrons. The Kier molecular flexibility index (Phi) is 3.09. The van der Waals surface area contributed by atoms with Gasteiger partial charge in [0.05, 0.1) is 37.7 Å². The predicted molar refractivity (Wildman–Crippen MR) is 55.6 cm³/mol. The van der Waals surface area contributed by atoms with Gasteiger partial charge in [-0.15, -0.1) is 0 Å². The van der Waals surface area contributed by atoms with Crippen LogP contribution in [0.4, 0.5) is 0 Å². The number of ether oxygens (including phenoxy) is 1. The minimum Gasteiger partial charge on any atom is -0.467 e. The fourth-order valence-corrected chi connectivity index (χ4v) is 1.93. The Balaban J connectivity index is 1.97. The van der Waals surface area contributed by atoms with E-state index in [1.807, 2.05) is 19.9 Å². The SMILES string of the molecule is Cc1ccoc1C(C)NC1COCC1O. The molecule has 1 aromatic heterocycles. The molecule has 15 heavy (non-hydrogen) atoms. The van der Waals surface area contributed by atoms with Crippen molar-refractivity contribution in [1.82, 2.24) is 5.32 Å². The van der Waals surface area contributed by atoms with Gasteiger partial charge in [0, 0.05) is 0 Å². The largest absolute Gasteiger partial charge is 0.467 e. The first kappa shape index (κ1) is 10.7. The number of aliphatic hydroxyl groups is 1. The van der Waals surface area contributed by atoms with Crippen molar-refractivity contribution >= 4 is 0 Å². The van der Waals surface area contributed by atoms with Crippen molar-refractivity contribution in [2.45, 2.75) is 32.0 Å². The van der Waals surface area contributed by atoms with Crippen molar-refractivity contribution < 1.29 is 14.3 Å². The van der Waals surface area contributed by atoms with Gasteiger partial charge >= 0.3 is 0 Å². The third-order valence-electron chi connectivity index (χ3n) is 2.81. The second-order valence-corrected chi connectivity index (χ2v) is 4.07. The zero-order valence-electron chi connectivity index (χ0n) is 9.06. The number of furan rings is 1. The summed E-state index contributed by atoms with van der Waals surface area (Å²) in [5.74, 6) is 0.925. The number of aliphatic hydroxyl groups excluding tert-OH is 1. The first-order chi connectivity index (χ1) is 7.18. The van der Waals surface area contributed by atoms with Gasteiger partial charge in [-0.3, -0.25) is 0 Å². The zero-order valence-corrected chi connectivity index (χ0v) is 9.06. The molecule has 0 spiro atoms. The van der Waals surface area contributed by atoms with E-state index in [9.17, 15) is 5.11 Å². The first-order valence-corrected chi connectivity index (χ1v) is 5.24. The summed E-state index contributed by atoms with van der Waals surface area (Å²) < 4.78 is 10.6. The third-order valence-corrected chi connectivity index (χ3v) is 2.81. The molecule has 4 nitrogen and oxygen atoms in total. The fourth-order valence-electron chi connectivity index (χ4n) is 1.93. The topological polar surface area (TPSA) is 54.6 Å². The van der Waals surface area contributed by atoms with Crippen LogP contribution in [0.2, 0.25) is 0 Å². The highest BCUT2D eigenvalue weighted by Crippen LogP contribution is 2.20. The van der Waals surface area contributed by atoms with Crippen molar-refractivity contribution in [2.75, 3.05) is 13.2 Å². The minimum absolute atomic E-state index is 0.00417. The molecule has 2 heterocycles. The Labute approximate surface area is 89.2 Å². The van der Waals surface area contributed by atoms with Crippen LogP contribution in [0.5, 0.6) is 0 Å². The summed E-state index contributed by atoms with van der Waals surface area (Å²) in [6, 6.07) is 2.04. The van der Waals surface area contributed by atoms with Crippen molar-refractivity contribution in [3.05, 3.63) is 23.7 Å². The molecule has 3 atom stereocenters. The number of aryl methyl sites for hydroxylation is 1. The van der Waals surface area contributed by atoms with E-state index < -0.39 is 6.10 Å². The average molecular weight is 211 g/mol. The summed E-state index contributed by atoms with van der Waals surface area (Å²) in [5.41, 5.74) is 1.13. The molecule has 2 rings (SSSR count). The van der Waals surface area contributed by atoms with Gasteiger partial charge in [0.2, 0.25) is 0 Å². The lowest BCUT2D eigenvalue weighted by Crippen LogP contribution is -2.40. The van der Waals surface area contributed by atoms with E-state index in [2.05, 4.69) is 5.32 Å². The molecule has 1 aromatic rings. The summed E-state index contributed by atoms with van der Waals surface area (Å²) in [5, 5.41) is 12.9. The molecule has 4 heteroatoms. The van der Waals surface area contributed by atoms with E-state index in [1.54, 1.807) is 6.26 Å². The Morgan fingerprint density at radius 1 is 1.53 bits per heavy atom. The van der Waals surface area contributed by atoms with Crippen LogP contribution in [-0.4, -0.2) is 30.5 Å². The van der Waals surface area contributed by atoms with Gasteiger partial charge in [0.1, 0.15) is 5.76 Å². The summed E-state index contributed by atoms with van der Waals surface area (Å²) in [4.78, 5) is 0. The number of hydrogen-bond acceptors (Lipinski definition) is 4. The van der Waals surface area contributed by atoms with Gasteiger partial charge in [-0.2, -0.15) is 0 Å². The molecule has 0 amide bonds. The second kappa shape index (κ2) is 4.35. The second-order valence-electron chi connectivity index (χ2n) is 4.07. The Bertz CT molecular complexity index is 323. The van der Waals surface area contributed by atoms with Crippen LogP contribution in [-0.2, 0) is 4.74 Å². The molecule has 1 aliphatic heterocycles. The molecule has 2 N–H and O–H groups in total. The van der Waals surface area contributed by atoms with Crippen LogP contribution >= 0.6 is 0 Å². The highest BCUT2D eigenvalue weighted by molar-refractivity contribution is 5.17. The zero-order chi connectivity index (χ0) is 10.8. The standard InChI is InChI=1S/C11H17NO3/c1-7-3-4-15-11(7)8(2)12-9-5-14-6-10(9)13/h3-4,8-10,12-13H,5-6H2,1-2H3. The molecule has 0 aliphatic carbocycles. The van der Waals surface area contributed by atoms with E-state index >= 15 is 0 Å². The molecular weight excluding hydrogens is 194 g/mol. The Hall–Kier alpha value is -0.840. The summed E-state index contributed by atoms with van der Waals surface area (Å²) >= 11 is 0. The predicted octanol–water partition coefficient (Wildman–Crippen LogP) is 0.998. The number of hydrogen-bond donors (Lipinski definition) is 2. The van der Waals surface area contributed by atoms with Crippen molar-refractivity contribution in [2.24, 2.45) is 0 Å². The van der Waals surface area contributed by atoms with Crippen LogP contribution in [0.1, 0.15) is 24.3 Å². The van der Waals surface area contributed by atoms with Gasteiger partial charge in [-0.25, -0.2) is 0 Å². The number of rotatable bonds is 3. The minimum atomic E-state index is -0.414. The van der Waals surface area contributed by atoms with Gasteiger partial charge < -0.3 is 19.6 Å². The molecule has 1 fully saturated rings. The average Bonchev–Trinajstić information content (AvgIpc) is 2.76. The van der Waals surface area contributed by atoms with Crippen LogP contribution in [0.3, 0.4) is 0 Å². The molecule has 1 saturated heterocycles. The van der Waals surface area contributed by atoms with Crippen molar-refractivity contribution in [3.63, 3.8) is 0 Å². The molecular formula is C11H17NO3. The van der Waals surface area contributed by atoms with Gasteiger partial charge in [0.25, 0.3) is 0 Å². The van der Waals surface area contributed by atoms with E-state index in [-0.39, 0.29) is 12.1 Å². The molecule has 0 aromatic carbocycles. The number of nitrogens with one attached hydrogen (secondary N) is 1. The molecule has 0 bridgehead atoms. The van der Waals surface area contributed by atoms with Crippen LogP contribution in [0, 0.1) is 6.92 Å². The van der Waals surface area contributed by atoms with Crippen LogP contribution in [0.15, 0.2) is 16.7 Å². The summed E-state index contributed by atoms with van der Waals surface area (Å²) in [6.07, 6.45) is 1.27. The van der Waals surface area contributed by atoms with E-state index in [4.69, 9.17) is 9.15 Å². The smallest absolute Gasteiger partial charge is 0.123 e. The van der Waals surface area contributed by atoms with Crippen molar-refractivity contribution in [3.8, 4) is 0 Å². The molecule has 0 saturated carbocycles. The van der Waals surface area contributed by atoms with Crippen LogP contribution in [0.25, 0.3) is 0 Å². The summed E-state index contributed by atoms with van der Waals surface area (Å²) in [6.45, 7) is 5.02. The highest BCUT2D eigenvalue weighted by atomic mass is 16.5. The molecule has 0 radical (unpaired) electrons. The van der Waals surface area contributed by atoms with E-state index in [0.717, 1.165) is 11.3 Å². The Morgan fingerprint density at radius 3 is 2.87 bits per heavy atom. The van der Waals surface area contributed by atoms with Gasteiger partial charge in [-0.05, 0) is 25.5 Å². The van der Waals surface area contributed by atoms with Gasteiger partial charge in [-0.1, -0.05) is 0 Å². The summed E-state index contributed by atoms with van der Waals surface area (Å²) in [7, 11) is 0. The van der Waals surface area contributed by atoms with E-state index in [0.29, 0.717) is 13.2 Å². The maximum Gasteiger partial charge on any atom is 0.123 e. The normalized spacial score (nSPS) is 28.2. The lowest BCUT2D eigenvalue weighted by Gasteiger charge is -2.19. The third kappa shape index (κ3) is 2.22. The lowest BCUT2D eigenvalue weighted by atomic mass is 10.1. The maximum absolute atomic E-state index is 9.59. The van der Waals surface area contributed by atoms with Gasteiger partial charge in [0.15, 0.2) is 0 Å². The maximum atomic E-state index is 9.59. The van der Waals surface area contributed by atoms with E-state index in [1.165, 1.54) is 0 Å². The lowest BCUT2D eigenvalue weighted by molar-refractivity contribution is 0.121. The molecule has 1 aliphatic rings.